The Kier molecular flexibility index (Phi) is 3.27. The first-order chi connectivity index (χ1) is 5.41. The van der Waals surface area contributed by atoms with Crippen LogP contribution in [0.3, 0.4) is 0 Å². The molecule has 0 aromatic carbocycles. The molecule has 0 bridgehead atoms. The van der Waals surface area contributed by atoms with Crippen LogP contribution in [0, 0.1) is 5.92 Å². The van der Waals surface area contributed by atoms with Crippen LogP contribution in [0.15, 0.2) is 0 Å². The Morgan fingerprint density at radius 2 is 1.75 bits per heavy atom. The molecule has 2 heteroatoms. The van der Waals surface area contributed by atoms with Gasteiger partial charge in [-0.05, 0) is 0 Å². The molecule has 3 atom stereocenters. The van der Waals surface area contributed by atoms with Gasteiger partial charge in [-0.25, -0.2) is 0 Å². The zero-order valence-electron chi connectivity index (χ0n) is 8.80. The van der Waals surface area contributed by atoms with Crippen molar-refractivity contribution in [2.24, 2.45) is 5.92 Å². The van der Waals surface area contributed by atoms with E-state index in [4.69, 9.17) is 0 Å². The summed E-state index contributed by atoms with van der Waals surface area (Å²) in [6, 6.07) is 0. The summed E-state index contributed by atoms with van der Waals surface area (Å²) < 4.78 is 0.696. The molecule has 0 unspecified atom stereocenters. The Labute approximate surface area is 78.9 Å². The van der Waals surface area contributed by atoms with E-state index in [-0.39, 0.29) is 6.10 Å². The molecule has 1 N–H and O–H groups in total. The summed E-state index contributed by atoms with van der Waals surface area (Å²) in [5.41, 5.74) is 0. The summed E-state index contributed by atoms with van der Waals surface area (Å²) in [6.45, 7) is 2.26. The normalized spacial score (nSPS) is 38.2. The van der Waals surface area contributed by atoms with Crippen LogP contribution in [0.1, 0.15) is 26.2 Å². The number of rotatable bonds is 1. The van der Waals surface area contributed by atoms with Crippen LogP contribution >= 0.6 is 0 Å². The maximum atomic E-state index is 9.92. The Balaban J connectivity index is 2.57. The van der Waals surface area contributed by atoms with Crippen molar-refractivity contribution in [2.45, 2.75) is 54.3 Å². The van der Waals surface area contributed by atoms with E-state index >= 15 is 0 Å². The molecular formula is C10H22GeO. The Bertz CT molecular complexity index is 150. The van der Waals surface area contributed by atoms with Crippen molar-refractivity contribution >= 4 is 13.3 Å². The molecule has 0 saturated heterocycles. The van der Waals surface area contributed by atoms with E-state index in [0.717, 1.165) is 12.3 Å². The zero-order valence-corrected chi connectivity index (χ0v) is 10.9. The molecule has 1 rings (SSSR count). The molecule has 1 saturated carbocycles. The van der Waals surface area contributed by atoms with Gasteiger partial charge in [-0.2, -0.15) is 0 Å². The Morgan fingerprint density at radius 3 is 2.17 bits per heavy atom. The second kappa shape index (κ2) is 3.71. The van der Waals surface area contributed by atoms with Crippen molar-refractivity contribution in [3.05, 3.63) is 0 Å². The van der Waals surface area contributed by atoms with Gasteiger partial charge in [0.15, 0.2) is 0 Å². The molecule has 0 heterocycles. The predicted molar refractivity (Wildman–Crippen MR) is 56.1 cm³/mol. The van der Waals surface area contributed by atoms with E-state index in [1.54, 1.807) is 0 Å². The van der Waals surface area contributed by atoms with Crippen molar-refractivity contribution < 1.29 is 5.11 Å². The van der Waals surface area contributed by atoms with E-state index in [1.807, 2.05) is 0 Å². The van der Waals surface area contributed by atoms with Crippen molar-refractivity contribution in [1.29, 1.82) is 0 Å². The quantitative estimate of drug-likeness (QED) is 0.687. The summed E-state index contributed by atoms with van der Waals surface area (Å²) in [6.07, 6.45) is 3.69. The van der Waals surface area contributed by atoms with Crippen LogP contribution in [0.5, 0.6) is 0 Å². The van der Waals surface area contributed by atoms with Gasteiger partial charge in [-0.3, -0.25) is 0 Å². The molecular weight excluding hydrogens is 209 g/mol. The van der Waals surface area contributed by atoms with Crippen LogP contribution in [0.4, 0.5) is 0 Å². The van der Waals surface area contributed by atoms with Crippen LogP contribution in [-0.2, 0) is 0 Å². The van der Waals surface area contributed by atoms with E-state index in [0.29, 0.717) is 4.75 Å². The van der Waals surface area contributed by atoms with Crippen LogP contribution < -0.4 is 0 Å². The van der Waals surface area contributed by atoms with Crippen molar-refractivity contribution in [2.75, 3.05) is 0 Å². The average molecular weight is 231 g/mol. The fraction of sp³-hybridized carbons (Fsp3) is 1.00. The molecule has 0 aromatic heterocycles. The summed E-state index contributed by atoms with van der Waals surface area (Å²) >= 11 is -1.58. The van der Waals surface area contributed by atoms with E-state index in [9.17, 15) is 5.11 Å². The molecule has 0 aromatic rings. The van der Waals surface area contributed by atoms with Gasteiger partial charge < -0.3 is 0 Å². The average Bonchev–Trinajstić information content (AvgIpc) is 1.83. The minimum atomic E-state index is -1.58. The third-order valence-electron chi connectivity index (χ3n) is 3.19. The van der Waals surface area contributed by atoms with Crippen molar-refractivity contribution in [1.82, 2.24) is 0 Å². The molecule has 12 heavy (non-hydrogen) atoms. The molecule has 1 fully saturated rings. The van der Waals surface area contributed by atoms with Gasteiger partial charge in [0.1, 0.15) is 0 Å². The van der Waals surface area contributed by atoms with E-state index in [2.05, 4.69) is 24.2 Å². The minimum absolute atomic E-state index is 0.0220. The topological polar surface area (TPSA) is 20.2 Å². The Hall–Kier alpha value is 0.503. The summed E-state index contributed by atoms with van der Waals surface area (Å²) in [4.78, 5) is 0. The standard InChI is InChI=1S/C10H22GeO/c1-8-5-6-9(10(12)7-8)11(2,3)4/h8-10,12H,5-7H2,1-4H3/t8-,9+,10+/m0/s1. The third-order valence-corrected chi connectivity index (χ3v) is 9.27. The molecule has 72 valence electrons. The van der Waals surface area contributed by atoms with Gasteiger partial charge in [0, 0.05) is 0 Å². The fourth-order valence-corrected chi connectivity index (χ4v) is 7.24. The number of hydrogen-bond donors (Lipinski definition) is 1. The molecule has 1 nitrogen and oxygen atoms in total. The van der Waals surface area contributed by atoms with Gasteiger partial charge in [0.2, 0.25) is 0 Å². The van der Waals surface area contributed by atoms with E-state index in [1.165, 1.54) is 12.8 Å². The molecule has 0 amide bonds. The number of aliphatic hydroxyl groups excluding tert-OH is 1. The second-order valence-corrected chi connectivity index (χ2v) is 16.9. The first kappa shape index (κ1) is 10.6. The van der Waals surface area contributed by atoms with Crippen LogP contribution in [-0.4, -0.2) is 24.5 Å². The second-order valence-electron chi connectivity index (χ2n) is 5.46. The summed E-state index contributed by atoms with van der Waals surface area (Å²) in [5, 5.41) is 9.92. The van der Waals surface area contributed by atoms with Crippen LogP contribution in [0.25, 0.3) is 0 Å². The SMILES string of the molecule is C[C@H]1CC[C@@H]([Ge]([CH3])([CH3])[CH3])[C@H](O)C1. The molecule has 1 aliphatic carbocycles. The third kappa shape index (κ3) is 2.49. The van der Waals surface area contributed by atoms with Gasteiger partial charge in [-0.1, -0.05) is 0 Å². The molecule has 0 aliphatic heterocycles. The van der Waals surface area contributed by atoms with Gasteiger partial charge in [0.05, 0.1) is 0 Å². The van der Waals surface area contributed by atoms with Crippen molar-refractivity contribution in [3.8, 4) is 0 Å². The van der Waals surface area contributed by atoms with Gasteiger partial charge >= 0.3 is 78.6 Å². The van der Waals surface area contributed by atoms with Gasteiger partial charge in [0.25, 0.3) is 0 Å². The summed E-state index contributed by atoms with van der Waals surface area (Å²) in [7, 11) is 0. The Morgan fingerprint density at radius 1 is 1.17 bits per heavy atom. The number of hydrogen-bond acceptors (Lipinski definition) is 1. The first-order valence-corrected chi connectivity index (χ1v) is 12.6. The number of aliphatic hydroxyl groups is 1. The molecule has 0 spiro atoms. The van der Waals surface area contributed by atoms with E-state index < -0.39 is 13.3 Å². The zero-order chi connectivity index (χ0) is 9.35. The van der Waals surface area contributed by atoms with Crippen molar-refractivity contribution in [3.63, 3.8) is 0 Å². The first-order valence-electron chi connectivity index (χ1n) is 5.09. The fourth-order valence-electron chi connectivity index (χ4n) is 2.36. The summed E-state index contributed by atoms with van der Waals surface area (Å²) in [5.74, 6) is 8.01. The van der Waals surface area contributed by atoms with Crippen LogP contribution in [0.2, 0.25) is 22.0 Å². The predicted octanol–water partition coefficient (Wildman–Crippen LogP) is 2.88. The van der Waals surface area contributed by atoms with Gasteiger partial charge in [-0.15, -0.1) is 0 Å². The molecule has 0 radical (unpaired) electrons. The molecule has 1 aliphatic rings. The monoisotopic (exact) mass is 232 g/mol. The maximum absolute atomic E-state index is 9.92.